The van der Waals surface area contributed by atoms with Gasteiger partial charge in [-0.1, -0.05) is 6.07 Å². The lowest BCUT2D eigenvalue weighted by molar-refractivity contribution is 0.102. The molecule has 0 fully saturated rings. The highest BCUT2D eigenvalue weighted by Gasteiger charge is 2.11. The van der Waals surface area contributed by atoms with Crippen LogP contribution < -0.4 is 5.32 Å². The SMILES string of the molecule is Cn1cnc2c(NC(=O)c3cnccn3)cccc21. The molecule has 0 spiro atoms. The highest BCUT2D eigenvalue weighted by molar-refractivity contribution is 6.06. The molecule has 6 nitrogen and oxygen atoms in total. The second-order valence-corrected chi connectivity index (χ2v) is 4.07. The van der Waals surface area contributed by atoms with Crippen molar-refractivity contribution in [1.29, 1.82) is 0 Å². The summed E-state index contributed by atoms with van der Waals surface area (Å²) in [7, 11) is 1.91. The fourth-order valence-corrected chi connectivity index (χ4v) is 1.86. The number of amides is 1. The Hall–Kier alpha value is -2.76. The molecule has 0 aliphatic rings. The third kappa shape index (κ3) is 2.03. The van der Waals surface area contributed by atoms with E-state index in [1.54, 1.807) is 6.33 Å². The van der Waals surface area contributed by atoms with Crippen LogP contribution in [0.1, 0.15) is 10.5 Å². The zero-order chi connectivity index (χ0) is 13.2. The van der Waals surface area contributed by atoms with Gasteiger partial charge in [-0.05, 0) is 12.1 Å². The summed E-state index contributed by atoms with van der Waals surface area (Å²) in [5.74, 6) is -0.300. The first-order chi connectivity index (χ1) is 9.25. The van der Waals surface area contributed by atoms with Gasteiger partial charge in [-0.2, -0.15) is 0 Å². The molecular weight excluding hydrogens is 242 g/mol. The Labute approximate surface area is 109 Å². The van der Waals surface area contributed by atoms with E-state index in [2.05, 4.69) is 20.3 Å². The van der Waals surface area contributed by atoms with E-state index in [1.807, 2.05) is 29.8 Å². The van der Waals surface area contributed by atoms with Crippen LogP contribution in [0.25, 0.3) is 11.0 Å². The smallest absolute Gasteiger partial charge is 0.275 e. The molecule has 2 aromatic heterocycles. The number of para-hydroxylation sites is 1. The number of carbonyl (C=O) groups is 1. The van der Waals surface area contributed by atoms with Gasteiger partial charge in [0, 0.05) is 19.4 Å². The summed E-state index contributed by atoms with van der Waals surface area (Å²) < 4.78 is 1.90. The van der Waals surface area contributed by atoms with Crippen LogP contribution in [0, 0.1) is 0 Å². The van der Waals surface area contributed by atoms with Gasteiger partial charge in [0.15, 0.2) is 0 Å². The van der Waals surface area contributed by atoms with Gasteiger partial charge >= 0.3 is 0 Å². The Kier molecular flexibility index (Phi) is 2.68. The summed E-state index contributed by atoms with van der Waals surface area (Å²) in [6.07, 6.45) is 6.14. The lowest BCUT2D eigenvalue weighted by Gasteiger charge is -2.05. The predicted octanol–water partition coefficient (Wildman–Crippen LogP) is 1.62. The Balaban J connectivity index is 1.96. The van der Waals surface area contributed by atoms with Crippen molar-refractivity contribution in [1.82, 2.24) is 19.5 Å². The van der Waals surface area contributed by atoms with E-state index in [0.717, 1.165) is 11.0 Å². The highest BCUT2D eigenvalue weighted by Crippen LogP contribution is 2.21. The molecule has 19 heavy (non-hydrogen) atoms. The molecular formula is C13H11N5O. The average molecular weight is 253 g/mol. The third-order valence-corrected chi connectivity index (χ3v) is 2.80. The number of benzene rings is 1. The molecule has 0 unspecified atom stereocenters. The summed E-state index contributed by atoms with van der Waals surface area (Å²) in [5, 5.41) is 2.80. The highest BCUT2D eigenvalue weighted by atomic mass is 16.1. The molecule has 0 saturated heterocycles. The zero-order valence-electron chi connectivity index (χ0n) is 10.2. The van der Waals surface area contributed by atoms with E-state index < -0.39 is 0 Å². The molecule has 0 radical (unpaired) electrons. The van der Waals surface area contributed by atoms with Crippen molar-refractivity contribution in [2.24, 2.45) is 7.05 Å². The van der Waals surface area contributed by atoms with Gasteiger partial charge in [0.1, 0.15) is 11.2 Å². The minimum absolute atomic E-state index is 0.274. The molecule has 6 heteroatoms. The van der Waals surface area contributed by atoms with E-state index in [9.17, 15) is 4.79 Å². The molecule has 0 atom stereocenters. The van der Waals surface area contributed by atoms with Gasteiger partial charge in [0.25, 0.3) is 5.91 Å². The van der Waals surface area contributed by atoms with Gasteiger partial charge in [0.2, 0.25) is 0 Å². The Bertz CT molecular complexity index is 735. The van der Waals surface area contributed by atoms with Crippen molar-refractivity contribution in [3.63, 3.8) is 0 Å². The first-order valence-electron chi connectivity index (χ1n) is 5.73. The van der Waals surface area contributed by atoms with Gasteiger partial charge in [-0.25, -0.2) is 9.97 Å². The number of aryl methyl sites for hydroxylation is 1. The predicted molar refractivity (Wildman–Crippen MR) is 70.7 cm³/mol. The minimum atomic E-state index is -0.300. The molecule has 94 valence electrons. The number of fused-ring (bicyclic) bond motifs is 1. The number of nitrogens with zero attached hydrogens (tertiary/aromatic N) is 4. The maximum absolute atomic E-state index is 12.0. The van der Waals surface area contributed by atoms with Crippen LogP contribution in [0.15, 0.2) is 43.1 Å². The van der Waals surface area contributed by atoms with Crippen LogP contribution in [0.4, 0.5) is 5.69 Å². The van der Waals surface area contributed by atoms with E-state index >= 15 is 0 Å². The molecule has 0 aliphatic carbocycles. The fraction of sp³-hybridized carbons (Fsp3) is 0.0769. The Morgan fingerprint density at radius 3 is 2.95 bits per heavy atom. The Morgan fingerprint density at radius 1 is 1.26 bits per heavy atom. The number of nitrogens with one attached hydrogen (secondary N) is 1. The third-order valence-electron chi connectivity index (χ3n) is 2.80. The zero-order valence-corrected chi connectivity index (χ0v) is 10.2. The van der Waals surface area contributed by atoms with Crippen LogP contribution in [-0.4, -0.2) is 25.4 Å². The quantitative estimate of drug-likeness (QED) is 0.753. The monoisotopic (exact) mass is 253 g/mol. The summed E-state index contributed by atoms with van der Waals surface area (Å²) in [5.41, 5.74) is 2.64. The fourth-order valence-electron chi connectivity index (χ4n) is 1.86. The second kappa shape index (κ2) is 4.49. The number of rotatable bonds is 2. The van der Waals surface area contributed by atoms with E-state index in [1.165, 1.54) is 18.6 Å². The van der Waals surface area contributed by atoms with Crippen molar-refractivity contribution in [2.75, 3.05) is 5.32 Å². The van der Waals surface area contributed by atoms with Crippen LogP contribution in [-0.2, 0) is 7.05 Å². The molecule has 1 N–H and O–H groups in total. The molecule has 1 aromatic carbocycles. The molecule has 0 bridgehead atoms. The first-order valence-corrected chi connectivity index (χ1v) is 5.73. The van der Waals surface area contributed by atoms with E-state index in [4.69, 9.17) is 0 Å². The maximum atomic E-state index is 12.0. The summed E-state index contributed by atoms with van der Waals surface area (Å²) >= 11 is 0. The number of anilines is 1. The van der Waals surface area contributed by atoms with Gasteiger partial charge in [-0.3, -0.25) is 9.78 Å². The summed E-state index contributed by atoms with van der Waals surface area (Å²) in [6, 6.07) is 5.63. The normalized spacial score (nSPS) is 10.6. The lowest BCUT2D eigenvalue weighted by atomic mass is 10.2. The lowest BCUT2D eigenvalue weighted by Crippen LogP contribution is -2.14. The second-order valence-electron chi connectivity index (χ2n) is 4.07. The molecule has 3 rings (SSSR count). The average Bonchev–Trinajstić information content (AvgIpc) is 2.83. The van der Waals surface area contributed by atoms with Crippen molar-refractivity contribution in [3.8, 4) is 0 Å². The topological polar surface area (TPSA) is 72.7 Å². The number of hydrogen-bond acceptors (Lipinski definition) is 4. The summed E-state index contributed by atoms with van der Waals surface area (Å²) in [6.45, 7) is 0. The van der Waals surface area contributed by atoms with Crippen molar-refractivity contribution in [3.05, 3.63) is 48.8 Å². The van der Waals surface area contributed by atoms with Crippen LogP contribution in [0.2, 0.25) is 0 Å². The van der Waals surface area contributed by atoms with E-state index in [0.29, 0.717) is 5.69 Å². The van der Waals surface area contributed by atoms with Gasteiger partial charge in [0.05, 0.1) is 23.7 Å². The molecule has 0 aliphatic heterocycles. The van der Waals surface area contributed by atoms with Crippen LogP contribution in [0.5, 0.6) is 0 Å². The van der Waals surface area contributed by atoms with Crippen molar-refractivity contribution >= 4 is 22.6 Å². The largest absolute Gasteiger partial charge is 0.334 e. The molecule has 1 amide bonds. The standard InChI is InChI=1S/C13H11N5O/c1-18-8-16-12-9(3-2-4-11(12)18)17-13(19)10-7-14-5-6-15-10/h2-8H,1H3,(H,17,19). The van der Waals surface area contributed by atoms with Gasteiger partial charge < -0.3 is 9.88 Å². The minimum Gasteiger partial charge on any atom is -0.334 e. The maximum Gasteiger partial charge on any atom is 0.275 e. The molecule has 0 saturated carbocycles. The van der Waals surface area contributed by atoms with Crippen molar-refractivity contribution in [2.45, 2.75) is 0 Å². The summed E-state index contributed by atoms with van der Waals surface area (Å²) in [4.78, 5) is 24.1. The van der Waals surface area contributed by atoms with E-state index in [-0.39, 0.29) is 11.6 Å². The number of aromatic nitrogens is 4. The molecule has 3 aromatic rings. The number of imidazole rings is 1. The first kappa shape index (κ1) is 11.3. The number of carbonyl (C=O) groups excluding carboxylic acids is 1. The van der Waals surface area contributed by atoms with Crippen LogP contribution in [0.3, 0.4) is 0 Å². The Morgan fingerprint density at radius 2 is 2.16 bits per heavy atom. The van der Waals surface area contributed by atoms with Gasteiger partial charge in [-0.15, -0.1) is 0 Å². The van der Waals surface area contributed by atoms with Crippen molar-refractivity contribution < 1.29 is 4.79 Å². The molecule has 2 heterocycles. The van der Waals surface area contributed by atoms with Crippen LogP contribution >= 0.6 is 0 Å². The number of hydrogen-bond donors (Lipinski definition) is 1.